The van der Waals surface area contributed by atoms with Gasteiger partial charge in [-0.1, -0.05) is 104 Å². The molecule has 0 aliphatic rings. The van der Waals surface area contributed by atoms with Crippen molar-refractivity contribution in [3.05, 3.63) is 35.9 Å². The van der Waals surface area contributed by atoms with Gasteiger partial charge in [0.25, 0.3) is 0 Å². The first kappa shape index (κ1) is 24.1. The normalized spacial score (nSPS) is 12.4. The van der Waals surface area contributed by atoms with Crippen molar-refractivity contribution < 1.29 is 19.1 Å². The van der Waals surface area contributed by atoms with Crippen LogP contribution in [0.5, 0.6) is 0 Å². The summed E-state index contributed by atoms with van der Waals surface area (Å²) in [6.07, 6.45) is 5.77. The molecule has 0 unspecified atom stereocenters. The van der Waals surface area contributed by atoms with Crippen molar-refractivity contribution >= 4 is 46.7 Å². The first-order valence-electron chi connectivity index (χ1n) is 9.24. The van der Waals surface area contributed by atoms with Crippen molar-refractivity contribution in [2.45, 2.75) is 62.3 Å². The summed E-state index contributed by atoms with van der Waals surface area (Å²) in [4.78, 5) is 24.5. The Labute approximate surface area is 176 Å². The van der Waals surface area contributed by atoms with Crippen molar-refractivity contribution in [2.24, 2.45) is 5.92 Å². The summed E-state index contributed by atoms with van der Waals surface area (Å²) in [6.45, 7) is 1.97. The van der Waals surface area contributed by atoms with E-state index in [1.165, 1.54) is 0 Å². The van der Waals surface area contributed by atoms with Crippen LogP contribution in [0.4, 0.5) is 0 Å². The van der Waals surface area contributed by atoms with E-state index in [1.807, 2.05) is 30.3 Å². The van der Waals surface area contributed by atoms with Gasteiger partial charge in [0, 0.05) is 0 Å². The lowest BCUT2D eigenvalue weighted by molar-refractivity contribution is -0.156. The van der Waals surface area contributed by atoms with Gasteiger partial charge in [-0.3, -0.25) is 9.59 Å². The first-order chi connectivity index (χ1) is 12.8. The van der Waals surface area contributed by atoms with Crippen LogP contribution in [0.1, 0.15) is 57.4 Å². The quantitative estimate of drug-likeness (QED) is 0.228. The summed E-state index contributed by atoms with van der Waals surface area (Å²) in [5, 5.41) is 0. The molecule has 0 fully saturated rings. The number of benzene rings is 1. The molecule has 7 heteroatoms. The topological polar surface area (TPSA) is 52.6 Å². The number of alkyl halides is 3. The Bertz CT molecular complexity index is 558. The molecule has 0 spiro atoms. The maximum Gasteiger partial charge on any atom is 0.309 e. The summed E-state index contributed by atoms with van der Waals surface area (Å²) in [5.41, 5.74) is 0.895. The summed E-state index contributed by atoms with van der Waals surface area (Å²) >= 11 is 16.8. The molecule has 27 heavy (non-hydrogen) atoms. The summed E-state index contributed by atoms with van der Waals surface area (Å²) in [5.74, 6) is -1.53. The van der Waals surface area contributed by atoms with Crippen LogP contribution >= 0.6 is 34.8 Å². The molecule has 0 aromatic heterocycles. The largest absolute Gasteiger partial charge is 0.461 e. The smallest absolute Gasteiger partial charge is 0.309 e. The lowest BCUT2D eigenvalue weighted by Gasteiger charge is -2.17. The van der Waals surface area contributed by atoms with Gasteiger partial charge in [-0.15, -0.1) is 0 Å². The fourth-order valence-corrected chi connectivity index (χ4v) is 2.73. The van der Waals surface area contributed by atoms with Crippen LogP contribution in [0.2, 0.25) is 0 Å². The Kier molecular flexibility index (Phi) is 11.8. The van der Waals surface area contributed by atoms with Crippen LogP contribution in [0.3, 0.4) is 0 Å². The monoisotopic (exact) mass is 436 g/mol. The van der Waals surface area contributed by atoms with E-state index in [2.05, 4.69) is 6.92 Å². The minimum Gasteiger partial charge on any atom is -0.461 e. The Morgan fingerprint density at radius 1 is 1.00 bits per heavy atom. The highest BCUT2D eigenvalue weighted by Crippen LogP contribution is 2.26. The Hall–Kier alpha value is -0.970. The van der Waals surface area contributed by atoms with Crippen molar-refractivity contribution in [3.8, 4) is 0 Å². The van der Waals surface area contributed by atoms with Crippen LogP contribution in [-0.4, -0.2) is 22.3 Å². The summed E-state index contributed by atoms with van der Waals surface area (Å²) in [6, 6.07) is 9.40. The maximum absolute atomic E-state index is 12.5. The van der Waals surface area contributed by atoms with E-state index in [0.29, 0.717) is 6.42 Å². The van der Waals surface area contributed by atoms with Gasteiger partial charge in [0.1, 0.15) is 13.2 Å². The predicted molar refractivity (Wildman–Crippen MR) is 109 cm³/mol. The second-order valence-corrected chi connectivity index (χ2v) is 8.99. The Morgan fingerprint density at radius 3 is 2.30 bits per heavy atom. The fourth-order valence-electron chi connectivity index (χ4n) is 2.57. The average molecular weight is 438 g/mol. The maximum atomic E-state index is 12.5. The minimum atomic E-state index is -1.67. The molecule has 1 rings (SSSR count). The molecule has 0 heterocycles. The fraction of sp³-hybridized carbons (Fsp3) is 0.600. The predicted octanol–water partition coefficient (Wildman–Crippen LogP) is 6.01. The zero-order valence-electron chi connectivity index (χ0n) is 15.6. The van der Waals surface area contributed by atoms with E-state index in [1.54, 1.807) is 0 Å². The third-order valence-corrected chi connectivity index (χ3v) is 4.35. The second kappa shape index (κ2) is 13.2. The third-order valence-electron chi connectivity index (χ3n) is 4.02. The molecule has 1 atom stereocenters. The van der Waals surface area contributed by atoms with Crippen LogP contribution in [-0.2, 0) is 25.7 Å². The highest BCUT2D eigenvalue weighted by atomic mass is 35.6. The SMILES string of the molecule is CCCCCCC[C@H](CC(=O)OCC(Cl)(Cl)Cl)C(=O)OCc1ccccc1. The number of unbranched alkanes of at least 4 members (excludes halogenated alkanes) is 4. The van der Waals surface area contributed by atoms with Crippen LogP contribution in [0.15, 0.2) is 30.3 Å². The highest BCUT2D eigenvalue weighted by Gasteiger charge is 2.27. The van der Waals surface area contributed by atoms with E-state index in [9.17, 15) is 9.59 Å². The number of rotatable bonds is 12. The van der Waals surface area contributed by atoms with Gasteiger partial charge in [0.2, 0.25) is 3.79 Å². The molecule has 0 saturated heterocycles. The molecule has 0 amide bonds. The molecule has 0 saturated carbocycles. The molecule has 152 valence electrons. The van der Waals surface area contributed by atoms with Crippen molar-refractivity contribution in [1.82, 2.24) is 0 Å². The zero-order chi connectivity index (χ0) is 20.1. The lowest BCUT2D eigenvalue weighted by Crippen LogP contribution is -2.24. The number of hydrogen-bond acceptors (Lipinski definition) is 4. The number of ether oxygens (including phenoxy) is 2. The standard InChI is InChI=1S/C20H27Cl3O4/c1-2-3-4-5-9-12-17(13-18(24)27-15-20(21,22)23)19(25)26-14-16-10-7-6-8-11-16/h6-8,10-11,17H,2-5,9,12-15H2,1H3/t17-/m1/s1. The van der Waals surface area contributed by atoms with E-state index in [0.717, 1.165) is 37.7 Å². The highest BCUT2D eigenvalue weighted by molar-refractivity contribution is 6.67. The van der Waals surface area contributed by atoms with Gasteiger partial charge in [0.05, 0.1) is 12.3 Å². The second-order valence-electron chi connectivity index (χ2n) is 6.47. The third kappa shape index (κ3) is 12.2. The van der Waals surface area contributed by atoms with Gasteiger partial charge >= 0.3 is 11.9 Å². The van der Waals surface area contributed by atoms with Crippen molar-refractivity contribution in [1.29, 1.82) is 0 Å². The molecule has 0 radical (unpaired) electrons. The van der Waals surface area contributed by atoms with Crippen LogP contribution in [0.25, 0.3) is 0 Å². The van der Waals surface area contributed by atoms with Gasteiger partial charge < -0.3 is 9.47 Å². The number of esters is 2. The Balaban J connectivity index is 2.54. The number of hydrogen-bond donors (Lipinski definition) is 0. The molecule has 0 aliphatic carbocycles. The van der Waals surface area contributed by atoms with Crippen LogP contribution < -0.4 is 0 Å². The number of carbonyl (C=O) groups is 2. The molecular formula is C20H27Cl3O4. The molecule has 0 N–H and O–H groups in total. The van der Waals surface area contributed by atoms with Gasteiger partial charge in [-0.2, -0.15) is 0 Å². The van der Waals surface area contributed by atoms with E-state index in [4.69, 9.17) is 44.3 Å². The first-order valence-corrected chi connectivity index (χ1v) is 10.4. The summed E-state index contributed by atoms with van der Waals surface area (Å²) < 4.78 is 8.67. The average Bonchev–Trinajstić information content (AvgIpc) is 2.63. The van der Waals surface area contributed by atoms with E-state index in [-0.39, 0.29) is 19.6 Å². The molecule has 0 aliphatic heterocycles. The summed E-state index contributed by atoms with van der Waals surface area (Å²) in [7, 11) is 0. The molecule has 1 aromatic rings. The van der Waals surface area contributed by atoms with Gasteiger partial charge in [-0.25, -0.2) is 0 Å². The minimum absolute atomic E-state index is 0.0812. The zero-order valence-corrected chi connectivity index (χ0v) is 17.9. The molecular weight excluding hydrogens is 411 g/mol. The molecule has 1 aromatic carbocycles. The van der Waals surface area contributed by atoms with Crippen LogP contribution in [0, 0.1) is 5.92 Å². The number of carbonyl (C=O) groups excluding carboxylic acids is 2. The van der Waals surface area contributed by atoms with Crippen molar-refractivity contribution in [2.75, 3.05) is 6.61 Å². The number of halogens is 3. The van der Waals surface area contributed by atoms with Gasteiger partial charge in [-0.05, 0) is 12.0 Å². The van der Waals surface area contributed by atoms with E-state index >= 15 is 0 Å². The lowest BCUT2D eigenvalue weighted by atomic mass is 9.97. The van der Waals surface area contributed by atoms with Crippen molar-refractivity contribution in [3.63, 3.8) is 0 Å². The van der Waals surface area contributed by atoms with Gasteiger partial charge in [0.15, 0.2) is 0 Å². The Morgan fingerprint density at radius 2 is 1.67 bits per heavy atom. The van der Waals surface area contributed by atoms with E-state index < -0.39 is 21.6 Å². The molecule has 0 bridgehead atoms. The molecule has 4 nitrogen and oxygen atoms in total.